The standard InChI is InChI=1S/C10H18S4/c1-7(11-3-9-5-13-9)8(2)12-4-10-6-14-10/h7-10H,3-6H2,1-2H3. The van der Waals surface area contributed by atoms with Gasteiger partial charge in [0.2, 0.25) is 0 Å². The molecule has 2 heterocycles. The van der Waals surface area contributed by atoms with Crippen LogP contribution in [0.4, 0.5) is 0 Å². The molecule has 4 unspecified atom stereocenters. The Kier molecular flexibility index (Phi) is 4.79. The summed E-state index contributed by atoms with van der Waals surface area (Å²) in [6.45, 7) is 4.80. The van der Waals surface area contributed by atoms with Gasteiger partial charge in [0.1, 0.15) is 0 Å². The molecule has 0 bridgehead atoms. The molecule has 2 saturated heterocycles. The van der Waals surface area contributed by atoms with E-state index in [4.69, 9.17) is 0 Å². The number of hydrogen-bond acceptors (Lipinski definition) is 4. The minimum Gasteiger partial charge on any atom is -0.157 e. The van der Waals surface area contributed by atoms with Gasteiger partial charge in [0.05, 0.1) is 0 Å². The van der Waals surface area contributed by atoms with Crippen molar-refractivity contribution in [2.24, 2.45) is 0 Å². The quantitative estimate of drug-likeness (QED) is 0.647. The fraction of sp³-hybridized carbons (Fsp3) is 1.00. The van der Waals surface area contributed by atoms with Gasteiger partial charge in [-0.2, -0.15) is 47.0 Å². The Bertz CT molecular complexity index is 157. The van der Waals surface area contributed by atoms with Crippen molar-refractivity contribution in [3.63, 3.8) is 0 Å². The van der Waals surface area contributed by atoms with Gasteiger partial charge in [0, 0.05) is 44.0 Å². The van der Waals surface area contributed by atoms with Gasteiger partial charge in [0.15, 0.2) is 0 Å². The first-order chi connectivity index (χ1) is 6.75. The van der Waals surface area contributed by atoms with E-state index >= 15 is 0 Å². The highest BCUT2D eigenvalue weighted by molar-refractivity contribution is 8.10. The van der Waals surface area contributed by atoms with Crippen molar-refractivity contribution in [2.75, 3.05) is 23.0 Å². The average Bonchev–Trinajstić information content (AvgIpc) is 3.02. The van der Waals surface area contributed by atoms with Gasteiger partial charge in [-0.15, -0.1) is 0 Å². The fourth-order valence-electron chi connectivity index (χ4n) is 1.12. The smallest absolute Gasteiger partial charge is 0.0229 e. The first-order valence-corrected chi connectivity index (χ1v) is 9.41. The van der Waals surface area contributed by atoms with Crippen LogP contribution >= 0.6 is 47.0 Å². The Hall–Kier alpha value is 1.40. The molecule has 2 aliphatic heterocycles. The minimum absolute atomic E-state index is 0.838. The van der Waals surface area contributed by atoms with Crippen LogP contribution in [0.15, 0.2) is 0 Å². The molecular weight excluding hydrogens is 248 g/mol. The third kappa shape index (κ3) is 4.50. The SMILES string of the molecule is CC(SCC1CS1)C(C)SCC1CS1. The Morgan fingerprint density at radius 2 is 1.36 bits per heavy atom. The largest absolute Gasteiger partial charge is 0.157 e. The summed E-state index contributed by atoms with van der Waals surface area (Å²) in [7, 11) is 0. The predicted molar refractivity (Wildman–Crippen MR) is 76.3 cm³/mol. The molecule has 0 aromatic carbocycles. The van der Waals surface area contributed by atoms with Crippen LogP contribution in [0.1, 0.15) is 13.8 Å². The van der Waals surface area contributed by atoms with Gasteiger partial charge >= 0.3 is 0 Å². The molecule has 0 N–H and O–H groups in total. The Morgan fingerprint density at radius 3 is 1.64 bits per heavy atom. The molecule has 82 valence electrons. The molecular formula is C10H18S4. The number of thioether (sulfide) groups is 4. The van der Waals surface area contributed by atoms with E-state index in [9.17, 15) is 0 Å². The molecule has 0 amide bonds. The van der Waals surface area contributed by atoms with Crippen LogP contribution in [0, 0.1) is 0 Å². The summed E-state index contributed by atoms with van der Waals surface area (Å²) in [5.41, 5.74) is 0. The monoisotopic (exact) mass is 266 g/mol. The molecule has 0 aromatic heterocycles. The predicted octanol–water partition coefficient (Wildman–Crippen LogP) is 3.46. The second kappa shape index (κ2) is 5.65. The molecule has 0 saturated carbocycles. The van der Waals surface area contributed by atoms with E-state index < -0.39 is 0 Å². The van der Waals surface area contributed by atoms with E-state index in [0.717, 1.165) is 21.0 Å². The molecule has 14 heavy (non-hydrogen) atoms. The van der Waals surface area contributed by atoms with Gasteiger partial charge in [0.25, 0.3) is 0 Å². The minimum atomic E-state index is 0.838. The summed E-state index contributed by atoms with van der Waals surface area (Å²) >= 11 is 8.60. The molecule has 0 spiro atoms. The van der Waals surface area contributed by atoms with Crippen molar-refractivity contribution in [1.29, 1.82) is 0 Å². The van der Waals surface area contributed by atoms with Crippen LogP contribution in [0.2, 0.25) is 0 Å². The van der Waals surface area contributed by atoms with Crippen LogP contribution in [0.3, 0.4) is 0 Å². The summed E-state index contributed by atoms with van der Waals surface area (Å²) in [6, 6.07) is 0. The van der Waals surface area contributed by atoms with E-state index in [0.29, 0.717) is 0 Å². The number of hydrogen-bond donors (Lipinski definition) is 0. The first-order valence-electron chi connectivity index (χ1n) is 5.22. The summed E-state index contributed by atoms with van der Waals surface area (Å²) < 4.78 is 0. The second-order valence-corrected chi connectivity index (χ2v) is 9.47. The highest BCUT2D eigenvalue weighted by atomic mass is 32.2. The van der Waals surface area contributed by atoms with E-state index in [1.807, 2.05) is 0 Å². The van der Waals surface area contributed by atoms with Gasteiger partial charge in [-0.05, 0) is 0 Å². The lowest BCUT2D eigenvalue weighted by molar-refractivity contribution is 0.923. The normalized spacial score (nSPS) is 33.9. The van der Waals surface area contributed by atoms with Crippen molar-refractivity contribution in [2.45, 2.75) is 34.8 Å². The Morgan fingerprint density at radius 1 is 1.00 bits per heavy atom. The lowest BCUT2D eigenvalue weighted by Crippen LogP contribution is -2.15. The maximum absolute atomic E-state index is 2.40. The third-order valence-corrected chi connectivity index (χ3v) is 8.15. The van der Waals surface area contributed by atoms with Crippen LogP contribution in [-0.4, -0.2) is 44.0 Å². The van der Waals surface area contributed by atoms with Gasteiger partial charge in [-0.3, -0.25) is 0 Å². The summed E-state index contributed by atoms with van der Waals surface area (Å²) in [4.78, 5) is 0. The summed E-state index contributed by atoms with van der Waals surface area (Å²) in [5.74, 6) is 5.60. The molecule has 4 heteroatoms. The van der Waals surface area contributed by atoms with Gasteiger partial charge in [-0.25, -0.2) is 0 Å². The van der Waals surface area contributed by atoms with Crippen LogP contribution in [-0.2, 0) is 0 Å². The van der Waals surface area contributed by atoms with Crippen molar-refractivity contribution in [1.82, 2.24) is 0 Å². The molecule has 4 atom stereocenters. The second-order valence-electron chi connectivity index (χ2n) is 3.99. The summed E-state index contributed by atoms with van der Waals surface area (Å²) in [5, 5.41) is 3.67. The fourth-order valence-corrected chi connectivity index (χ4v) is 5.45. The zero-order valence-corrected chi connectivity index (χ0v) is 12.0. The van der Waals surface area contributed by atoms with Crippen molar-refractivity contribution < 1.29 is 0 Å². The molecule has 2 aliphatic rings. The van der Waals surface area contributed by atoms with Gasteiger partial charge < -0.3 is 0 Å². The average molecular weight is 267 g/mol. The van der Waals surface area contributed by atoms with E-state index in [2.05, 4.69) is 60.9 Å². The third-order valence-electron chi connectivity index (χ3n) is 2.56. The molecule has 2 fully saturated rings. The Balaban J connectivity index is 1.53. The molecule has 2 rings (SSSR count). The van der Waals surface area contributed by atoms with Crippen molar-refractivity contribution in [3.8, 4) is 0 Å². The van der Waals surface area contributed by atoms with E-state index in [-0.39, 0.29) is 0 Å². The van der Waals surface area contributed by atoms with Crippen molar-refractivity contribution in [3.05, 3.63) is 0 Å². The van der Waals surface area contributed by atoms with Gasteiger partial charge in [-0.1, -0.05) is 13.8 Å². The zero-order chi connectivity index (χ0) is 9.97. The summed E-state index contributed by atoms with van der Waals surface area (Å²) in [6.07, 6.45) is 0. The maximum Gasteiger partial charge on any atom is 0.0229 e. The van der Waals surface area contributed by atoms with Crippen LogP contribution < -0.4 is 0 Å². The van der Waals surface area contributed by atoms with E-state index in [1.54, 1.807) is 0 Å². The van der Waals surface area contributed by atoms with Crippen LogP contribution in [0.5, 0.6) is 0 Å². The Labute approximate surface area is 105 Å². The molecule has 0 nitrogen and oxygen atoms in total. The molecule has 0 radical (unpaired) electrons. The molecule has 0 aromatic rings. The maximum atomic E-state index is 2.40. The first kappa shape index (κ1) is 11.9. The van der Waals surface area contributed by atoms with E-state index in [1.165, 1.54) is 23.0 Å². The molecule has 0 aliphatic carbocycles. The highest BCUT2D eigenvalue weighted by Crippen LogP contribution is 2.38. The van der Waals surface area contributed by atoms with Crippen molar-refractivity contribution >= 4 is 47.0 Å². The lowest BCUT2D eigenvalue weighted by atomic mass is 10.4. The topological polar surface area (TPSA) is 0 Å². The number of rotatable bonds is 7. The zero-order valence-electron chi connectivity index (χ0n) is 8.77. The highest BCUT2D eigenvalue weighted by Gasteiger charge is 2.26. The van der Waals surface area contributed by atoms with Crippen LogP contribution in [0.25, 0.3) is 0 Å². The lowest BCUT2D eigenvalue weighted by Gasteiger charge is -2.18.